The van der Waals surface area contributed by atoms with E-state index in [2.05, 4.69) is 0 Å². The maximum absolute atomic E-state index is 13.0. The van der Waals surface area contributed by atoms with Crippen LogP contribution in [-0.2, 0) is 11.2 Å². The molecule has 0 saturated heterocycles. The zero-order valence-corrected chi connectivity index (χ0v) is 8.35. The van der Waals surface area contributed by atoms with Crippen molar-refractivity contribution in [2.45, 2.75) is 25.4 Å². The summed E-state index contributed by atoms with van der Waals surface area (Å²) in [5.74, 6) is -1.18. The second-order valence-corrected chi connectivity index (χ2v) is 3.42. The fraction of sp³-hybridized carbons (Fsp3) is 0.364. The lowest BCUT2D eigenvalue weighted by Crippen LogP contribution is -2.12. The van der Waals surface area contributed by atoms with Gasteiger partial charge in [-0.2, -0.15) is 13.2 Å². The van der Waals surface area contributed by atoms with Crippen LogP contribution in [0.4, 0.5) is 17.6 Å². The summed E-state index contributed by atoms with van der Waals surface area (Å²) in [5, 5.41) is 0. The van der Waals surface area contributed by atoms with Gasteiger partial charge in [-0.15, -0.1) is 0 Å². The van der Waals surface area contributed by atoms with E-state index in [0.717, 1.165) is 0 Å². The van der Waals surface area contributed by atoms with Crippen LogP contribution in [0.25, 0.3) is 0 Å². The summed E-state index contributed by atoms with van der Waals surface area (Å²) in [6.45, 7) is 0. The summed E-state index contributed by atoms with van der Waals surface area (Å²) in [6.07, 6.45) is -6.38. The smallest absolute Gasteiger partial charge is 0.299 e. The predicted octanol–water partition coefficient (Wildman–Crippen LogP) is 3.28. The third kappa shape index (κ3) is 4.42. The summed E-state index contributed by atoms with van der Waals surface area (Å²) in [5.41, 5.74) is 0.134. The van der Waals surface area contributed by atoms with Crippen molar-refractivity contribution in [1.82, 2.24) is 0 Å². The molecule has 88 valence electrons. The van der Waals surface area contributed by atoms with Crippen molar-refractivity contribution in [3.8, 4) is 0 Å². The second-order valence-electron chi connectivity index (χ2n) is 3.42. The number of Topliss-reactive ketones (excluding diaryl/α,β-unsaturated/α-hetero) is 1. The zero-order valence-electron chi connectivity index (χ0n) is 8.35. The molecule has 16 heavy (non-hydrogen) atoms. The molecule has 0 aliphatic carbocycles. The number of hydrogen-bond donors (Lipinski definition) is 0. The topological polar surface area (TPSA) is 17.1 Å². The van der Waals surface area contributed by atoms with E-state index in [0.29, 0.717) is 0 Å². The molecule has 0 aliphatic rings. The highest BCUT2D eigenvalue weighted by molar-refractivity contribution is 5.80. The minimum Gasteiger partial charge on any atom is -0.299 e. The van der Waals surface area contributed by atoms with Gasteiger partial charge in [-0.1, -0.05) is 18.2 Å². The third-order valence-corrected chi connectivity index (χ3v) is 2.03. The van der Waals surface area contributed by atoms with Crippen LogP contribution in [0.1, 0.15) is 18.4 Å². The average molecular weight is 234 g/mol. The maximum Gasteiger partial charge on any atom is 0.389 e. The lowest BCUT2D eigenvalue weighted by molar-refractivity contribution is -0.143. The van der Waals surface area contributed by atoms with Crippen molar-refractivity contribution in [1.29, 1.82) is 0 Å². The monoisotopic (exact) mass is 234 g/mol. The molecule has 0 saturated carbocycles. The summed E-state index contributed by atoms with van der Waals surface area (Å²) >= 11 is 0. The van der Waals surface area contributed by atoms with Gasteiger partial charge in [0.2, 0.25) is 0 Å². The van der Waals surface area contributed by atoms with E-state index < -0.39 is 30.6 Å². The van der Waals surface area contributed by atoms with Gasteiger partial charge in [0, 0.05) is 12.8 Å². The van der Waals surface area contributed by atoms with Crippen LogP contribution in [0.15, 0.2) is 24.3 Å². The summed E-state index contributed by atoms with van der Waals surface area (Å²) in [7, 11) is 0. The quantitative estimate of drug-likeness (QED) is 0.730. The Morgan fingerprint density at radius 1 is 1.19 bits per heavy atom. The standard InChI is InChI=1S/C11H10F4O/c12-10-4-2-1-3-8(10)7-9(16)5-6-11(13,14)15/h1-4H,5-7H2. The Kier molecular flexibility index (Phi) is 4.04. The van der Waals surface area contributed by atoms with Gasteiger partial charge in [-0.05, 0) is 11.6 Å². The largest absolute Gasteiger partial charge is 0.389 e. The van der Waals surface area contributed by atoms with Crippen molar-refractivity contribution >= 4 is 5.78 Å². The molecule has 5 heteroatoms. The second kappa shape index (κ2) is 5.09. The minimum absolute atomic E-state index is 0.134. The van der Waals surface area contributed by atoms with E-state index in [1.54, 1.807) is 0 Å². The Labute approximate surface area is 90.1 Å². The van der Waals surface area contributed by atoms with E-state index in [1.807, 2.05) is 0 Å². The normalized spacial score (nSPS) is 11.5. The first-order valence-electron chi connectivity index (χ1n) is 4.70. The van der Waals surface area contributed by atoms with E-state index >= 15 is 0 Å². The molecule has 0 aliphatic heterocycles. The summed E-state index contributed by atoms with van der Waals surface area (Å²) in [4.78, 5) is 11.1. The molecule has 0 spiro atoms. The van der Waals surface area contributed by atoms with Crippen LogP contribution in [0, 0.1) is 5.82 Å². The summed E-state index contributed by atoms with van der Waals surface area (Å²) < 4.78 is 48.5. The number of ketones is 1. The van der Waals surface area contributed by atoms with Gasteiger partial charge in [0.05, 0.1) is 6.42 Å². The summed E-state index contributed by atoms with van der Waals surface area (Å²) in [6, 6.07) is 5.56. The molecular formula is C11H10F4O. The molecule has 0 N–H and O–H groups in total. The Bertz CT molecular complexity index is 370. The van der Waals surface area contributed by atoms with Gasteiger partial charge >= 0.3 is 6.18 Å². The van der Waals surface area contributed by atoms with E-state index in [9.17, 15) is 22.4 Å². The Morgan fingerprint density at radius 3 is 2.38 bits per heavy atom. The van der Waals surface area contributed by atoms with Crippen LogP contribution >= 0.6 is 0 Å². The SMILES string of the molecule is O=C(CCC(F)(F)F)Cc1ccccc1F. The number of alkyl halides is 3. The van der Waals surface area contributed by atoms with Crippen LogP contribution in [0.3, 0.4) is 0 Å². The van der Waals surface area contributed by atoms with E-state index in [4.69, 9.17) is 0 Å². The predicted molar refractivity (Wildman–Crippen MR) is 50.4 cm³/mol. The van der Waals surface area contributed by atoms with Crippen molar-refractivity contribution in [2.75, 3.05) is 0 Å². The van der Waals surface area contributed by atoms with Crippen molar-refractivity contribution < 1.29 is 22.4 Å². The van der Waals surface area contributed by atoms with Gasteiger partial charge < -0.3 is 0 Å². The first-order valence-corrected chi connectivity index (χ1v) is 4.70. The number of hydrogen-bond acceptors (Lipinski definition) is 1. The lowest BCUT2D eigenvalue weighted by Gasteiger charge is -2.05. The molecule has 0 bridgehead atoms. The van der Waals surface area contributed by atoms with Gasteiger partial charge in [-0.25, -0.2) is 4.39 Å². The molecule has 0 unspecified atom stereocenters. The van der Waals surface area contributed by atoms with Gasteiger partial charge in [-0.3, -0.25) is 4.79 Å². The Hall–Kier alpha value is -1.39. The molecular weight excluding hydrogens is 224 g/mol. The third-order valence-electron chi connectivity index (χ3n) is 2.03. The molecule has 0 fully saturated rings. The Balaban J connectivity index is 2.50. The molecule has 1 rings (SSSR count). The van der Waals surface area contributed by atoms with Gasteiger partial charge in [0.25, 0.3) is 0 Å². The van der Waals surface area contributed by atoms with Crippen LogP contribution in [0.2, 0.25) is 0 Å². The number of carbonyl (C=O) groups excluding carboxylic acids is 1. The van der Waals surface area contributed by atoms with Crippen LogP contribution in [0.5, 0.6) is 0 Å². The number of benzene rings is 1. The number of rotatable bonds is 4. The van der Waals surface area contributed by atoms with Crippen LogP contribution in [-0.4, -0.2) is 12.0 Å². The fourth-order valence-corrected chi connectivity index (χ4v) is 1.22. The molecule has 0 aromatic heterocycles. The van der Waals surface area contributed by atoms with Crippen LogP contribution < -0.4 is 0 Å². The van der Waals surface area contributed by atoms with Crippen molar-refractivity contribution in [3.05, 3.63) is 35.6 Å². The maximum atomic E-state index is 13.0. The molecule has 1 aromatic carbocycles. The van der Waals surface area contributed by atoms with Gasteiger partial charge in [0.15, 0.2) is 0 Å². The molecule has 0 atom stereocenters. The van der Waals surface area contributed by atoms with E-state index in [-0.39, 0.29) is 12.0 Å². The Morgan fingerprint density at radius 2 is 1.81 bits per heavy atom. The molecule has 0 heterocycles. The van der Waals surface area contributed by atoms with Crippen molar-refractivity contribution in [3.63, 3.8) is 0 Å². The molecule has 1 nitrogen and oxygen atoms in total. The minimum atomic E-state index is -4.34. The van der Waals surface area contributed by atoms with Crippen molar-refractivity contribution in [2.24, 2.45) is 0 Å². The average Bonchev–Trinajstić information content (AvgIpc) is 2.18. The van der Waals surface area contributed by atoms with E-state index in [1.165, 1.54) is 24.3 Å². The van der Waals surface area contributed by atoms with Gasteiger partial charge in [0.1, 0.15) is 11.6 Å². The fourth-order valence-electron chi connectivity index (χ4n) is 1.22. The highest BCUT2D eigenvalue weighted by atomic mass is 19.4. The first kappa shape index (κ1) is 12.7. The number of halogens is 4. The highest BCUT2D eigenvalue weighted by Gasteiger charge is 2.27. The lowest BCUT2D eigenvalue weighted by atomic mass is 10.1. The zero-order chi connectivity index (χ0) is 12.2. The molecule has 0 amide bonds. The molecule has 1 aromatic rings. The molecule has 0 radical (unpaired) electrons. The number of carbonyl (C=O) groups is 1. The first-order chi connectivity index (χ1) is 7.38. The highest BCUT2D eigenvalue weighted by Crippen LogP contribution is 2.22.